The van der Waals surface area contributed by atoms with Gasteiger partial charge in [-0.25, -0.2) is 23.6 Å². The van der Waals surface area contributed by atoms with Crippen molar-refractivity contribution in [1.29, 1.82) is 0 Å². The van der Waals surface area contributed by atoms with Crippen molar-refractivity contribution in [1.82, 2.24) is 14.7 Å². The van der Waals surface area contributed by atoms with Crippen molar-refractivity contribution < 1.29 is 37.3 Å². The van der Waals surface area contributed by atoms with Crippen molar-refractivity contribution in [2.45, 2.75) is 76.5 Å². The second-order valence-electron chi connectivity index (χ2n) is 11.6. The molecule has 0 bridgehead atoms. The smallest absolute Gasteiger partial charge is 0.426 e. The normalized spacial score (nSPS) is 14.2. The maximum Gasteiger partial charge on any atom is 0.426 e. The lowest BCUT2D eigenvalue weighted by molar-refractivity contribution is -0.140. The number of hydrogen-bond acceptors (Lipinski definition) is 8. The monoisotopic (exact) mass is 615 g/mol. The molecular weight excluding hydrogens is 574 g/mol. The summed E-state index contributed by atoms with van der Waals surface area (Å²) in [5, 5.41) is 12.7. The van der Waals surface area contributed by atoms with Gasteiger partial charge in [-0.1, -0.05) is 44.2 Å². The highest BCUT2D eigenvalue weighted by Gasteiger charge is 2.37. The zero-order chi connectivity index (χ0) is 31.8. The summed E-state index contributed by atoms with van der Waals surface area (Å²) < 4.78 is 45.0. The average Bonchev–Trinajstić information content (AvgIpc) is 3.40. The van der Waals surface area contributed by atoms with Crippen LogP contribution in [0.5, 0.6) is 11.5 Å². The largest absolute Gasteiger partial charge is 0.454 e. The number of carbonyl (C=O) groups excluding carboxylic acids is 2. The molecule has 0 unspecified atom stereocenters. The number of hydrazine groups is 1. The molecule has 1 aliphatic heterocycles. The number of nitrogens with zero attached hydrogens (tertiary/aromatic N) is 2. The molecule has 2 N–H and O–H groups in total. The summed E-state index contributed by atoms with van der Waals surface area (Å²) in [6.07, 6.45) is 3.13. The third-order valence-electron chi connectivity index (χ3n) is 6.37. The molecule has 234 valence electrons. The molecule has 0 saturated heterocycles. The lowest BCUT2D eigenvalue weighted by atomic mass is 9.99. The Labute approximate surface area is 254 Å². The molecule has 0 spiro atoms. The minimum Gasteiger partial charge on any atom is -0.454 e. The zero-order valence-electron chi connectivity index (χ0n) is 25.3. The number of fused-ring (bicyclic) bond motifs is 1. The Balaban J connectivity index is 2.00. The Morgan fingerprint density at radius 3 is 2.40 bits per heavy atom. The van der Waals surface area contributed by atoms with Crippen molar-refractivity contribution in [3.05, 3.63) is 54.1 Å². The number of ether oxygens (including phenoxy) is 3. The predicted molar refractivity (Wildman–Crippen MR) is 160 cm³/mol. The molecule has 0 aliphatic carbocycles. The average molecular weight is 616 g/mol. The summed E-state index contributed by atoms with van der Waals surface area (Å²) in [6, 6.07) is 12.3. The van der Waals surface area contributed by atoms with Crippen LogP contribution in [0.25, 0.3) is 0 Å². The van der Waals surface area contributed by atoms with Gasteiger partial charge in [-0.2, -0.15) is 4.31 Å². The Morgan fingerprint density at radius 2 is 1.77 bits per heavy atom. The Hall–Kier alpha value is -3.79. The number of amides is 2. The highest BCUT2D eigenvalue weighted by Crippen LogP contribution is 2.35. The van der Waals surface area contributed by atoms with Gasteiger partial charge in [0.2, 0.25) is 22.7 Å². The fourth-order valence-corrected chi connectivity index (χ4v) is 6.12. The van der Waals surface area contributed by atoms with Gasteiger partial charge in [0.1, 0.15) is 5.60 Å². The fourth-order valence-electron chi connectivity index (χ4n) is 4.48. The van der Waals surface area contributed by atoms with E-state index in [2.05, 4.69) is 11.3 Å². The lowest BCUT2D eigenvalue weighted by Gasteiger charge is -2.37. The van der Waals surface area contributed by atoms with E-state index < -0.39 is 39.8 Å². The van der Waals surface area contributed by atoms with Crippen LogP contribution in [0.2, 0.25) is 0 Å². The van der Waals surface area contributed by atoms with Crippen LogP contribution in [0.1, 0.15) is 53.0 Å². The molecule has 2 amide bonds. The summed E-state index contributed by atoms with van der Waals surface area (Å²) in [5.74, 6) is 2.50. The summed E-state index contributed by atoms with van der Waals surface area (Å²) >= 11 is 0. The minimum absolute atomic E-state index is 0.0113. The molecule has 43 heavy (non-hydrogen) atoms. The number of rotatable bonds is 12. The van der Waals surface area contributed by atoms with E-state index in [0.29, 0.717) is 11.5 Å². The predicted octanol–water partition coefficient (Wildman–Crippen LogP) is 3.72. The van der Waals surface area contributed by atoms with Crippen LogP contribution in [0.3, 0.4) is 0 Å². The van der Waals surface area contributed by atoms with E-state index >= 15 is 0 Å². The Bertz CT molecular complexity index is 1400. The van der Waals surface area contributed by atoms with Crippen molar-refractivity contribution in [3.63, 3.8) is 0 Å². The van der Waals surface area contributed by atoms with Crippen molar-refractivity contribution in [2.75, 3.05) is 19.9 Å². The van der Waals surface area contributed by atoms with E-state index in [1.54, 1.807) is 32.9 Å². The molecule has 11 nitrogen and oxygen atoms in total. The molecule has 1 aliphatic rings. The minimum atomic E-state index is -4.13. The Kier molecular flexibility index (Phi) is 11.4. The first kappa shape index (κ1) is 33.7. The van der Waals surface area contributed by atoms with Crippen molar-refractivity contribution in [2.24, 2.45) is 5.92 Å². The number of aliphatic hydroxyl groups is 1. The molecule has 0 aromatic heterocycles. The third-order valence-corrected chi connectivity index (χ3v) is 8.19. The van der Waals surface area contributed by atoms with Gasteiger partial charge in [0.15, 0.2) is 11.5 Å². The number of carbonyl (C=O) groups is 2. The first-order chi connectivity index (χ1) is 20.2. The summed E-state index contributed by atoms with van der Waals surface area (Å²) in [5.41, 5.74) is 2.38. The third kappa shape index (κ3) is 9.61. The zero-order valence-corrected chi connectivity index (χ0v) is 26.1. The van der Waals surface area contributed by atoms with Crippen molar-refractivity contribution >= 4 is 22.0 Å². The van der Waals surface area contributed by atoms with E-state index in [1.807, 2.05) is 32.0 Å². The van der Waals surface area contributed by atoms with Gasteiger partial charge in [-0.15, -0.1) is 12.3 Å². The molecule has 0 fully saturated rings. The number of terminal acetylenes is 1. The van der Waals surface area contributed by atoms with Crippen LogP contribution < -0.4 is 14.9 Å². The number of sulfonamides is 1. The summed E-state index contributed by atoms with van der Waals surface area (Å²) in [6.45, 7) is 8.44. The molecule has 0 radical (unpaired) electrons. The Morgan fingerprint density at radius 1 is 1.09 bits per heavy atom. The van der Waals surface area contributed by atoms with Crippen LogP contribution in [-0.4, -0.2) is 72.5 Å². The molecular formula is C31H41N3O8S. The van der Waals surface area contributed by atoms with Crippen LogP contribution in [0.4, 0.5) is 4.79 Å². The molecule has 12 heteroatoms. The molecule has 2 atom stereocenters. The van der Waals surface area contributed by atoms with E-state index in [9.17, 15) is 23.1 Å². The topological polar surface area (TPSA) is 135 Å². The number of aliphatic hydroxyl groups excluding tert-OH is 1. The summed E-state index contributed by atoms with van der Waals surface area (Å²) in [7, 11) is -4.13. The molecule has 2 aromatic carbocycles. The van der Waals surface area contributed by atoms with Gasteiger partial charge in [-0.3, -0.25) is 4.79 Å². The quantitative estimate of drug-likeness (QED) is 0.273. The van der Waals surface area contributed by atoms with E-state index in [1.165, 1.54) is 22.5 Å². The highest BCUT2D eigenvalue weighted by atomic mass is 32.2. The van der Waals surface area contributed by atoms with Gasteiger partial charge in [0.05, 0.1) is 17.0 Å². The molecule has 0 saturated carbocycles. The van der Waals surface area contributed by atoms with E-state index in [-0.39, 0.29) is 50.0 Å². The highest BCUT2D eigenvalue weighted by molar-refractivity contribution is 7.89. The van der Waals surface area contributed by atoms with Gasteiger partial charge < -0.3 is 19.3 Å². The second-order valence-corrected chi connectivity index (χ2v) is 13.6. The maximum atomic E-state index is 13.9. The van der Waals surface area contributed by atoms with E-state index in [4.69, 9.17) is 20.6 Å². The number of benzene rings is 2. The summed E-state index contributed by atoms with van der Waals surface area (Å²) in [4.78, 5) is 26.2. The number of nitrogens with one attached hydrogen (secondary N) is 1. The van der Waals surface area contributed by atoms with Gasteiger partial charge in [-0.05, 0) is 50.8 Å². The van der Waals surface area contributed by atoms with Crippen molar-refractivity contribution in [3.8, 4) is 23.8 Å². The first-order valence-corrected chi connectivity index (χ1v) is 15.5. The SMILES string of the molecule is C#CCCC(=O)N(NC(=O)OC(C)(C)C)[C@@H](Cc1ccccc1)[C@H](O)CN(CC(C)C)S(=O)(=O)c1ccc2c(c1)OCO2. The van der Waals surface area contributed by atoms with Gasteiger partial charge in [0.25, 0.3) is 0 Å². The van der Waals surface area contributed by atoms with Gasteiger partial charge >= 0.3 is 6.09 Å². The van der Waals surface area contributed by atoms with Crippen LogP contribution in [0.15, 0.2) is 53.4 Å². The van der Waals surface area contributed by atoms with Crippen LogP contribution in [-0.2, 0) is 26.0 Å². The standard InChI is InChI=1S/C31H41N3O8S/c1-7-8-14-29(36)34(32-30(37)42-31(4,5)6)25(17-23-12-10-9-11-13-23)26(35)20-33(19-22(2)3)43(38,39)24-15-16-27-28(18-24)41-21-40-27/h1,9-13,15-16,18,22,25-26,35H,8,14,17,19-21H2,2-6H3,(H,32,37)/t25-,26+/m0/s1. The number of hydrogen-bond donors (Lipinski definition) is 2. The maximum absolute atomic E-state index is 13.9. The first-order valence-electron chi connectivity index (χ1n) is 14.1. The molecule has 1 heterocycles. The van der Waals surface area contributed by atoms with Gasteiger partial charge in [0, 0.05) is 32.0 Å². The van der Waals surface area contributed by atoms with Crippen LogP contribution >= 0.6 is 0 Å². The fraction of sp³-hybridized carbons (Fsp3) is 0.484. The molecule has 2 aromatic rings. The lowest BCUT2D eigenvalue weighted by Crippen LogP contribution is -2.59. The molecule has 3 rings (SSSR count). The van der Waals surface area contributed by atoms with E-state index in [0.717, 1.165) is 10.6 Å². The second kappa shape index (κ2) is 14.6. The van der Waals surface area contributed by atoms with Crippen LogP contribution in [0, 0.1) is 18.3 Å².